The van der Waals surface area contributed by atoms with Crippen molar-refractivity contribution in [1.29, 1.82) is 0 Å². The van der Waals surface area contributed by atoms with Gasteiger partial charge in [0.25, 0.3) is 5.91 Å². The molecule has 0 saturated heterocycles. The van der Waals surface area contributed by atoms with Crippen molar-refractivity contribution in [3.05, 3.63) is 53.1 Å². The molecule has 1 fully saturated rings. The average molecular weight is 302 g/mol. The molecule has 0 spiro atoms. The van der Waals surface area contributed by atoms with E-state index in [-0.39, 0.29) is 5.91 Å². The second-order valence-corrected chi connectivity index (χ2v) is 5.56. The number of halogens is 1. The smallest absolute Gasteiger partial charge is 0.251 e. The van der Waals surface area contributed by atoms with E-state index in [9.17, 15) is 4.79 Å². The lowest BCUT2D eigenvalue weighted by Gasteiger charge is -2.12. The van der Waals surface area contributed by atoms with Crippen molar-refractivity contribution < 1.29 is 4.79 Å². The molecule has 0 bridgehead atoms. The first-order chi connectivity index (χ1) is 10.1. The maximum Gasteiger partial charge on any atom is 0.251 e. The van der Waals surface area contributed by atoms with Crippen LogP contribution in [0.2, 0.25) is 5.02 Å². The number of anilines is 3. The first-order valence-corrected chi connectivity index (χ1v) is 7.23. The maximum absolute atomic E-state index is 12.0. The Morgan fingerprint density at radius 1 is 1.14 bits per heavy atom. The normalized spacial score (nSPS) is 13.8. The highest BCUT2D eigenvalue weighted by molar-refractivity contribution is 6.33. The van der Waals surface area contributed by atoms with Crippen LogP contribution in [0.3, 0.4) is 0 Å². The van der Waals surface area contributed by atoms with E-state index in [0.717, 1.165) is 24.2 Å². The molecular formula is C16H16ClN3O. The van der Waals surface area contributed by atoms with Gasteiger partial charge >= 0.3 is 0 Å². The Bertz CT molecular complexity index is 683. The number of nitrogen functional groups attached to an aromatic ring is 1. The zero-order valence-corrected chi connectivity index (χ0v) is 12.2. The summed E-state index contributed by atoms with van der Waals surface area (Å²) >= 11 is 6.10. The summed E-state index contributed by atoms with van der Waals surface area (Å²) in [7, 11) is 0. The minimum atomic E-state index is -0.0755. The first-order valence-electron chi connectivity index (χ1n) is 6.85. The van der Waals surface area contributed by atoms with Gasteiger partial charge in [-0.15, -0.1) is 0 Å². The maximum atomic E-state index is 12.0. The number of amides is 1. The van der Waals surface area contributed by atoms with Crippen LogP contribution in [0.4, 0.5) is 17.1 Å². The molecule has 4 N–H and O–H groups in total. The molecule has 0 unspecified atom stereocenters. The molecule has 21 heavy (non-hydrogen) atoms. The van der Waals surface area contributed by atoms with Gasteiger partial charge < -0.3 is 16.4 Å². The molecule has 2 aromatic rings. The fourth-order valence-electron chi connectivity index (χ4n) is 2.02. The van der Waals surface area contributed by atoms with Crippen molar-refractivity contribution >= 4 is 34.6 Å². The van der Waals surface area contributed by atoms with Gasteiger partial charge in [-0.3, -0.25) is 4.79 Å². The van der Waals surface area contributed by atoms with Gasteiger partial charge in [0.15, 0.2) is 0 Å². The fourth-order valence-corrected chi connectivity index (χ4v) is 2.20. The molecule has 0 atom stereocenters. The summed E-state index contributed by atoms with van der Waals surface area (Å²) < 4.78 is 0. The Morgan fingerprint density at radius 2 is 1.90 bits per heavy atom. The molecule has 1 saturated carbocycles. The van der Waals surface area contributed by atoms with Crippen LogP contribution in [0.15, 0.2) is 42.5 Å². The summed E-state index contributed by atoms with van der Waals surface area (Å²) in [6, 6.07) is 13.0. The molecule has 108 valence electrons. The Balaban J connectivity index is 1.77. The van der Waals surface area contributed by atoms with E-state index in [4.69, 9.17) is 17.3 Å². The lowest BCUT2D eigenvalue weighted by Crippen LogP contribution is -2.25. The van der Waals surface area contributed by atoms with Crippen LogP contribution in [0, 0.1) is 0 Å². The Labute approximate surface area is 128 Å². The van der Waals surface area contributed by atoms with Crippen LogP contribution in [0.1, 0.15) is 23.2 Å². The fraction of sp³-hybridized carbons (Fsp3) is 0.188. The molecule has 1 amide bonds. The number of para-hydroxylation sites is 1. The summed E-state index contributed by atoms with van der Waals surface area (Å²) in [5.74, 6) is -0.0755. The van der Waals surface area contributed by atoms with Crippen molar-refractivity contribution in [2.24, 2.45) is 0 Å². The van der Waals surface area contributed by atoms with Gasteiger partial charge in [0.1, 0.15) is 0 Å². The number of benzene rings is 2. The SMILES string of the molecule is Nc1cc(C(=O)NC2CC2)ccc1Nc1ccccc1Cl. The standard InChI is InChI=1S/C16H16ClN3O/c17-12-3-1-2-4-14(12)20-15-8-5-10(9-13(15)18)16(21)19-11-6-7-11/h1-5,8-9,11,20H,6-7,18H2,(H,19,21). The highest BCUT2D eigenvalue weighted by atomic mass is 35.5. The summed E-state index contributed by atoms with van der Waals surface area (Å²) in [4.78, 5) is 12.0. The highest BCUT2D eigenvalue weighted by Gasteiger charge is 2.23. The van der Waals surface area contributed by atoms with E-state index in [2.05, 4.69) is 10.6 Å². The average Bonchev–Trinajstić information content (AvgIpc) is 3.27. The molecular weight excluding hydrogens is 286 g/mol. The zero-order chi connectivity index (χ0) is 14.8. The Hall–Kier alpha value is -2.20. The van der Waals surface area contributed by atoms with E-state index in [1.165, 1.54) is 0 Å². The Morgan fingerprint density at radius 3 is 2.57 bits per heavy atom. The van der Waals surface area contributed by atoms with Crippen LogP contribution in [0.25, 0.3) is 0 Å². The van der Waals surface area contributed by atoms with Crippen LogP contribution < -0.4 is 16.4 Å². The molecule has 0 aliphatic heterocycles. The van der Waals surface area contributed by atoms with Gasteiger partial charge in [0.05, 0.1) is 22.1 Å². The summed E-state index contributed by atoms with van der Waals surface area (Å²) in [6.45, 7) is 0. The molecule has 0 heterocycles. The molecule has 0 radical (unpaired) electrons. The van der Waals surface area contributed by atoms with Crippen LogP contribution in [-0.4, -0.2) is 11.9 Å². The number of nitrogens with one attached hydrogen (secondary N) is 2. The quantitative estimate of drug-likeness (QED) is 0.756. The van der Waals surface area contributed by atoms with Crippen molar-refractivity contribution in [2.45, 2.75) is 18.9 Å². The molecule has 0 aromatic heterocycles. The first kappa shape index (κ1) is 13.8. The number of carbonyl (C=O) groups excluding carboxylic acids is 1. The Kier molecular flexibility index (Phi) is 3.71. The van der Waals surface area contributed by atoms with Crippen molar-refractivity contribution in [3.8, 4) is 0 Å². The summed E-state index contributed by atoms with van der Waals surface area (Å²) in [6.07, 6.45) is 2.13. The van der Waals surface area contributed by atoms with E-state index in [1.54, 1.807) is 24.3 Å². The molecule has 5 heteroatoms. The van der Waals surface area contributed by atoms with E-state index < -0.39 is 0 Å². The van der Waals surface area contributed by atoms with Crippen molar-refractivity contribution in [1.82, 2.24) is 5.32 Å². The van der Waals surface area contributed by atoms with Gasteiger partial charge in [-0.25, -0.2) is 0 Å². The van der Waals surface area contributed by atoms with E-state index in [0.29, 0.717) is 22.3 Å². The van der Waals surface area contributed by atoms with Gasteiger partial charge in [-0.1, -0.05) is 23.7 Å². The third-order valence-corrected chi connectivity index (χ3v) is 3.70. The van der Waals surface area contributed by atoms with Crippen molar-refractivity contribution in [2.75, 3.05) is 11.1 Å². The lowest BCUT2D eigenvalue weighted by atomic mass is 10.1. The summed E-state index contributed by atoms with van der Waals surface area (Å²) in [5.41, 5.74) is 8.61. The number of hydrogen-bond acceptors (Lipinski definition) is 3. The number of nitrogens with two attached hydrogens (primary N) is 1. The van der Waals surface area contributed by atoms with Crippen LogP contribution in [0.5, 0.6) is 0 Å². The van der Waals surface area contributed by atoms with E-state index in [1.807, 2.05) is 18.2 Å². The third kappa shape index (κ3) is 3.28. The number of rotatable bonds is 4. The second-order valence-electron chi connectivity index (χ2n) is 5.15. The minimum absolute atomic E-state index is 0.0755. The topological polar surface area (TPSA) is 67.2 Å². The zero-order valence-electron chi connectivity index (χ0n) is 11.4. The van der Waals surface area contributed by atoms with Gasteiger partial charge in [0.2, 0.25) is 0 Å². The molecule has 2 aromatic carbocycles. The van der Waals surface area contributed by atoms with E-state index >= 15 is 0 Å². The van der Waals surface area contributed by atoms with Crippen LogP contribution in [-0.2, 0) is 0 Å². The molecule has 1 aliphatic rings. The number of carbonyl (C=O) groups is 1. The number of hydrogen-bond donors (Lipinski definition) is 3. The van der Waals surface area contributed by atoms with Gasteiger partial charge in [-0.05, 0) is 43.2 Å². The molecule has 4 nitrogen and oxygen atoms in total. The largest absolute Gasteiger partial charge is 0.397 e. The third-order valence-electron chi connectivity index (χ3n) is 3.37. The summed E-state index contributed by atoms with van der Waals surface area (Å²) in [5, 5.41) is 6.73. The lowest BCUT2D eigenvalue weighted by molar-refractivity contribution is 0.0951. The predicted octanol–water partition coefficient (Wildman–Crippen LogP) is 3.56. The van der Waals surface area contributed by atoms with Crippen molar-refractivity contribution in [3.63, 3.8) is 0 Å². The highest BCUT2D eigenvalue weighted by Crippen LogP contribution is 2.29. The van der Waals surface area contributed by atoms with Gasteiger partial charge in [-0.2, -0.15) is 0 Å². The van der Waals surface area contributed by atoms with Gasteiger partial charge in [0, 0.05) is 11.6 Å². The minimum Gasteiger partial charge on any atom is -0.397 e. The molecule has 1 aliphatic carbocycles. The molecule has 3 rings (SSSR count). The predicted molar refractivity (Wildman–Crippen MR) is 86.1 cm³/mol. The second kappa shape index (κ2) is 5.66. The monoisotopic (exact) mass is 301 g/mol. The van der Waals surface area contributed by atoms with Crippen LogP contribution >= 0.6 is 11.6 Å².